The van der Waals surface area contributed by atoms with Crippen LogP contribution in [0.4, 0.5) is 0 Å². The van der Waals surface area contributed by atoms with Crippen LogP contribution in [0.2, 0.25) is 0 Å². The summed E-state index contributed by atoms with van der Waals surface area (Å²) in [6.45, 7) is 0.388. The molecule has 0 atom stereocenters. The maximum atomic E-state index is 13.1. The zero-order valence-corrected chi connectivity index (χ0v) is 16.2. The van der Waals surface area contributed by atoms with Gasteiger partial charge >= 0.3 is 0 Å². The van der Waals surface area contributed by atoms with Gasteiger partial charge in [-0.15, -0.1) is 11.3 Å². The number of rotatable bonds is 4. The molecule has 140 valence electrons. The molecular weight excluding hydrogens is 380 g/mol. The minimum Gasteiger partial charge on any atom is -0.346 e. The number of carbonyl (C=O) groups is 1. The summed E-state index contributed by atoms with van der Waals surface area (Å²) in [5.41, 5.74) is 4.01. The average Bonchev–Trinajstić information content (AvgIpc) is 3.20. The standard InChI is InChI=1S/C23H16N4OS/c28-23(25-14-22-27-19-7-3-4-8-21(19)29-22)17-13-20(15-9-11-24-12-10-15)26-18-6-2-1-5-16(17)18/h1-13H,14H2,(H,25,28). The van der Waals surface area contributed by atoms with Crippen LogP contribution in [0.5, 0.6) is 0 Å². The zero-order valence-electron chi connectivity index (χ0n) is 15.4. The van der Waals surface area contributed by atoms with Crippen molar-refractivity contribution in [2.24, 2.45) is 0 Å². The Morgan fingerprint density at radius 2 is 1.66 bits per heavy atom. The number of fused-ring (bicyclic) bond motifs is 2. The minimum absolute atomic E-state index is 0.141. The lowest BCUT2D eigenvalue weighted by atomic mass is 10.0. The number of hydrogen-bond donors (Lipinski definition) is 1. The lowest BCUT2D eigenvalue weighted by molar-refractivity contribution is 0.0952. The van der Waals surface area contributed by atoms with Gasteiger partial charge in [-0.2, -0.15) is 0 Å². The molecule has 5 nitrogen and oxygen atoms in total. The van der Waals surface area contributed by atoms with Gasteiger partial charge in [0, 0.05) is 23.3 Å². The van der Waals surface area contributed by atoms with Crippen LogP contribution in [0, 0.1) is 0 Å². The Kier molecular flexibility index (Phi) is 4.46. The second-order valence-electron chi connectivity index (χ2n) is 6.57. The van der Waals surface area contributed by atoms with E-state index in [0.29, 0.717) is 12.1 Å². The van der Waals surface area contributed by atoms with Crippen LogP contribution >= 0.6 is 11.3 Å². The maximum absolute atomic E-state index is 13.1. The van der Waals surface area contributed by atoms with E-state index in [0.717, 1.165) is 37.4 Å². The van der Waals surface area contributed by atoms with Crippen molar-refractivity contribution in [2.75, 3.05) is 0 Å². The van der Waals surface area contributed by atoms with Crippen molar-refractivity contribution in [2.45, 2.75) is 6.54 Å². The lowest BCUT2D eigenvalue weighted by Gasteiger charge is -2.10. The number of carbonyl (C=O) groups excluding carboxylic acids is 1. The summed E-state index contributed by atoms with van der Waals surface area (Å²) in [7, 11) is 0. The maximum Gasteiger partial charge on any atom is 0.252 e. The summed E-state index contributed by atoms with van der Waals surface area (Å²) in [5, 5.41) is 4.72. The summed E-state index contributed by atoms with van der Waals surface area (Å²) in [6.07, 6.45) is 3.44. The molecule has 0 fully saturated rings. The first-order chi connectivity index (χ1) is 14.3. The quantitative estimate of drug-likeness (QED) is 0.472. The number of nitrogens with one attached hydrogen (secondary N) is 1. The third kappa shape index (κ3) is 3.46. The highest BCUT2D eigenvalue weighted by molar-refractivity contribution is 7.18. The number of thiazole rings is 1. The van der Waals surface area contributed by atoms with E-state index >= 15 is 0 Å². The highest BCUT2D eigenvalue weighted by Gasteiger charge is 2.14. The van der Waals surface area contributed by atoms with Crippen LogP contribution < -0.4 is 5.32 Å². The van der Waals surface area contributed by atoms with E-state index in [1.54, 1.807) is 23.7 Å². The molecule has 0 saturated heterocycles. The van der Waals surface area contributed by atoms with Crippen LogP contribution in [0.25, 0.3) is 32.4 Å². The van der Waals surface area contributed by atoms with Crippen molar-refractivity contribution < 1.29 is 4.79 Å². The molecule has 5 aromatic rings. The van der Waals surface area contributed by atoms with Gasteiger partial charge in [0.05, 0.1) is 33.5 Å². The van der Waals surface area contributed by atoms with E-state index in [4.69, 9.17) is 4.98 Å². The largest absolute Gasteiger partial charge is 0.346 e. The third-order valence-electron chi connectivity index (χ3n) is 4.68. The molecule has 0 aliphatic heterocycles. The van der Waals surface area contributed by atoms with Gasteiger partial charge in [0.15, 0.2) is 0 Å². The van der Waals surface area contributed by atoms with E-state index in [1.807, 2.05) is 66.7 Å². The van der Waals surface area contributed by atoms with E-state index in [1.165, 1.54) is 0 Å². The Morgan fingerprint density at radius 3 is 2.48 bits per heavy atom. The third-order valence-corrected chi connectivity index (χ3v) is 5.71. The molecule has 0 saturated carbocycles. The van der Waals surface area contributed by atoms with Crippen LogP contribution in [0.1, 0.15) is 15.4 Å². The molecule has 0 aliphatic rings. The average molecular weight is 396 g/mol. The number of para-hydroxylation sites is 2. The normalized spacial score (nSPS) is 11.0. The summed E-state index contributed by atoms with van der Waals surface area (Å²) < 4.78 is 1.12. The van der Waals surface area contributed by atoms with Gasteiger partial charge in [0.25, 0.3) is 5.91 Å². The van der Waals surface area contributed by atoms with Crippen molar-refractivity contribution in [3.63, 3.8) is 0 Å². The topological polar surface area (TPSA) is 67.8 Å². The number of benzene rings is 2. The highest BCUT2D eigenvalue weighted by Crippen LogP contribution is 2.25. The first-order valence-corrected chi connectivity index (χ1v) is 10.0. The SMILES string of the molecule is O=C(NCc1nc2ccccc2s1)c1cc(-c2ccncc2)nc2ccccc12. The fourth-order valence-electron chi connectivity index (χ4n) is 3.28. The summed E-state index contributed by atoms with van der Waals surface area (Å²) >= 11 is 1.59. The molecule has 2 aromatic carbocycles. The van der Waals surface area contributed by atoms with Gasteiger partial charge < -0.3 is 5.32 Å². The molecule has 0 spiro atoms. The van der Waals surface area contributed by atoms with E-state index in [-0.39, 0.29) is 5.91 Å². The second kappa shape index (κ2) is 7.41. The molecule has 29 heavy (non-hydrogen) atoms. The molecule has 5 rings (SSSR count). The first kappa shape index (κ1) is 17.5. The number of pyridine rings is 2. The molecule has 0 bridgehead atoms. The van der Waals surface area contributed by atoms with Crippen molar-refractivity contribution in [1.82, 2.24) is 20.3 Å². The second-order valence-corrected chi connectivity index (χ2v) is 7.68. The number of hydrogen-bond acceptors (Lipinski definition) is 5. The van der Waals surface area contributed by atoms with Gasteiger partial charge in [-0.1, -0.05) is 30.3 Å². The van der Waals surface area contributed by atoms with Gasteiger partial charge in [-0.3, -0.25) is 9.78 Å². The summed E-state index contributed by atoms with van der Waals surface area (Å²) in [6, 6.07) is 21.3. The Hall–Kier alpha value is -3.64. The minimum atomic E-state index is -0.141. The fourth-order valence-corrected chi connectivity index (χ4v) is 4.19. The smallest absolute Gasteiger partial charge is 0.252 e. The number of nitrogens with zero attached hydrogens (tertiary/aromatic N) is 3. The van der Waals surface area contributed by atoms with Crippen LogP contribution in [-0.2, 0) is 6.54 Å². The van der Waals surface area contributed by atoms with Gasteiger partial charge in [0.1, 0.15) is 5.01 Å². The van der Waals surface area contributed by atoms with E-state index in [9.17, 15) is 4.79 Å². The van der Waals surface area contributed by atoms with Crippen molar-refractivity contribution in [3.05, 3.63) is 89.7 Å². The molecule has 3 heterocycles. The molecule has 6 heteroatoms. The van der Waals surface area contributed by atoms with Crippen molar-refractivity contribution in [1.29, 1.82) is 0 Å². The predicted octanol–water partition coefficient (Wildman–Crippen LogP) is 4.84. The summed E-state index contributed by atoms with van der Waals surface area (Å²) in [4.78, 5) is 26.4. The molecule has 0 aliphatic carbocycles. The highest BCUT2D eigenvalue weighted by atomic mass is 32.1. The van der Waals surface area contributed by atoms with Gasteiger partial charge in [-0.05, 0) is 36.4 Å². The Bertz CT molecular complexity index is 1300. The fraction of sp³-hybridized carbons (Fsp3) is 0.0435. The Morgan fingerprint density at radius 1 is 0.897 bits per heavy atom. The van der Waals surface area contributed by atoms with Crippen LogP contribution in [-0.4, -0.2) is 20.9 Å². The molecular formula is C23H16N4OS. The number of aromatic nitrogens is 3. The van der Waals surface area contributed by atoms with Gasteiger partial charge in [0.2, 0.25) is 0 Å². The number of amides is 1. The van der Waals surface area contributed by atoms with Gasteiger partial charge in [-0.25, -0.2) is 9.97 Å². The van der Waals surface area contributed by atoms with E-state index < -0.39 is 0 Å². The molecule has 0 radical (unpaired) electrons. The first-order valence-electron chi connectivity index (χ1n) is 9.21. The predicted molar refractivity (Wildman–Crippen MR) is 116 cm³/mol. The molecule has 1 amide bonds. The Balaban J connectivity index is 1.48. The van der Waals surface area contributed by atoms with Crippen molar-refractivity contribution >= 4 is 38.4 Å². The zero-order chi connectivity index (χ0) is 19.6. The van der Waals surface area contributed by atoms with E-state index in [2.05, 4.69) is 15.3 Å². The lowest BCUT2D eigenvalue weighted by Crippen LogP contribution is -2.23. The molecule has 1 N–H and O–H groups in total. The molecule has 3 aromatic heterocycles. The summed E-state index contributed by atoms with van der Waals surface area (Å²) in [5.74, 6) is -0.141. The van der Waals surface area contributed by atoms with Crippen LogP contribution in [0.15, 0.2) is 79.1 Å². The van der Waals surface area contributed by atoms with Crippen molar-refractivity contribution in [3.8, 4) is 11.3 Å². The molecule has 0 unspecified atom stereocenters. The van der Waals surface area contributed by atoms with Crippen LogP contribution in [0.3, 0.4) is 0 Å². The Labute approximate surface area is 171 Å². The monoisotopic (exact) mass is 396 g/mol.